The minimum absolute atomic E-state index is 0.0583. The van der Waals surface area contributed by atoms with Gasteiger partial charge in [-0.2, -0.15) is 5.10 Å². The molecule has 1 N–H and O–H groups in total. The minimum Gasteiger partial charge on any atom is -0.349 e. The van der Waals surface area contributed by atoms with Crippen molar-refractivity contribution in [3.63, 3.8) is 0 Å². The number of fused-ring (bicyclic) bond motifs is 1. The Balaban J connectivity index is 1.39. The molecule has 0 spiro atoms. The summed E-state index contributed by atoms with van der Waals surface area (Å²) >= 11 is 0. The quantitative estimate of drug-likeness (QED) is 0.792. The van der Waals surface area contributed by atoms with Gasteiger partial charge in [0.1, 0.15) is 5.71 Å². The van der Waals surface area contributed by atoms with E-state index in [4.69, 9.17) is 0 Å². The van der Waals surface area contributed by atoms with Crippen LogP contribution in [0.25, 0.3) is 10.9 Å². The minimum atomic E-state index is -3.13. The zero-order valence-corrected chi connectivity index (χ0v) is 17.1. The number of aryl methyl sites for hydroxylation is 1. The molecule has 1 atom stereocenters. The van der Waals surface area contributed by atoms with E-state index >= 15 is 0 Å². The molecule has 0 radical (unpaired) electrons. The van der Waals surface area contributed by atoms with Gasteiger partial charge in [0, 0.05) is 43.0 Å². The van der Waals surface area contributed by atoms with Crippen LogP contribution in [0.2, 0.25) is 0 Å². The Hall–Kier alpha value is -2.68. The number of rotatable bonds is 5. The van der Waals surface area contributed by atoms with Gasteiger partial charge in [0.15, 0.2) is 9.84 Å². The van der Waals surface area contributed by atoms with E-state index in [1.165, 1.54) is 16.0 Å². The van der Waals surface area contributed by atoms with Crippen LogP contribution < -0.4 is 5.32 Å². The van der Waals surface area contributed by atoms with Gasteiger partial charge in [-0.05, 0) is 31.0 Å². The predicted molar refractivity (Wildman–Crippen MR) is 110 cm³/mol. The Labute approximate surface area is 169 Å². The fraction of sp³-hybridized carbons (Fsp3) is 0.450. The number of nitrogens with one attached hydrogen (secondary N) is 1. The van der Waals surface area contributed by atoms with Crippen molar-refractivity contribution in [3.05, 3.63) is 36.0 Å². The van der Waals surface area contributed by atoms with Crippen molar-refractivity contribution < 1.29 is 18.0 Å². The molecule has 2 amide bonds. The highest BCUT2D eigenvalue weighted by atomic mass is 32.2. The van der Waals surface area contributed by atoms with E-state index in [1.54, 1.807) is 0 Å². The topological polar surface area (TPSA) is 101 Å². The largest absolute Gasteiger partial charge is 0.349 e. The van der Waals surface area contributed by atoms with Crippen LogP contribution in [0, 0.1) is 6.92 Å². The molecule has 0 bridgehead atoms. The smallest absolute Gasteiger partial charge is 0.267 e. The molecule has 8 nitrogen and oxygen atoms in total. The standard InChI is InChI=1S/C20H24N4O4S/c1-14-3-2-4-18-16(14)7-10-23(18)11-9-21-20(26)17-5-6-19(25)24(22-17)15-8-12-29(27,28)13-15/h2-4,7,10,15H,5-6,8-9,11-13H2,1H3,(H,21,26)/t15-/m0/s1. The summed E-state index contributed by atoms with van der Waals surface area (Å²) in [5, 5.41) is 9.47. The first kappa shape index (κ1) is 19.6. The Morgan fingerprint density at radius 3 is 2.86 bits per heavy atom. The van der Waals surface area contributed by atoms with Crippen molar-refractivity contribution in [2.24, 2.45) is 5.10 Å². The Morgan fingerprint density at radius 2 is 2.10 bits per heavy atom. The summed E-state index contributed by atoms with van der Waals surface area (Å²) in [6, 6.07) is 7.73. The number of hydrazone groups is 1. The second-order valence-corrected chi connectivity index (χ2v) is 9.84. The second kappa shape index (κ2) is 7.62. The molecule has 2 aliphatic heterocycles. The summed E-state index contributed by atoms with van der Waals surface area (Å²) in [6.07, 6.45) is 2.81. The van der Waals surface area contributed by atoms with E-state index in [0.29, 0.717) is 19.5 Å². The monoisotopic (exact) mass is 416 g/mol. The average Bonchev–Trinajstić information content (AvgIpc) is 3.26. The fourth-order valence-electron chi connectivity index (χ4n) is 3.95. The number of amides is 2. The van der Waals surface area contributed by atoms with Crippen molar-refractivity contribution in [1.82, 2.24) is 14.9 Å². The Morgan fingerprint density at radius 1 is 1.28 bits per heavy atom. The first-order valence-corrected chi connectivity index (χ1v) is 11.6. The van der Waals surface area contributed by atoms with Gasteiger partial charge in [-0.15, -0.1) is 0 Å². The lowest BCUT2D eigenvalue weighted by Crippen LogP contribution is -2.44. The number of hydrogen-bond acceptors (Lipinski definition) is 5. The van der Waals surface area contributed by atoms with Crippen LogP contribution in [-0.4, -0.2) is 59.6 Å². The highest BCUT2D eigenvalue weighted by Gasteiger charge is 2.37. The lowest BCUT2D eigenvalue weighted by molar-refractivity contribution is -0.133. The van der Waals surface area contributed by atoms with E-state index in [-0.39, 0.29) is 41.9 Å². The zero-order valence-electron chi connectivity index (χ0n) is 16.3. The summed E-state index contributed by atoms with van der Waals surface area (Å²) < 4.78 is 25.5. The summed E-state index contributed by atoms with van der Waals surface area (Å²) in [5.74, 6) is -0.561. The number of carbonyl (C=O) groups is 2. The number of carbonyl (C=O) groups excluding carboxylic acids is 2. The predicted octanol–water partition coefficient (Wildman–Crippen LogP) is 1.23. The number of benzene rings is 1. The molecule has 1 saturated heterocycles. The van der Waals surface area contributed by atoms with Crippen molar-refractivity contribution in [2.75, 3.05) is 18.1 Å². The maximum absolute atomic E-state index is 12.5. The molecular weight excluding hydrogens is 392 g/mol. The molecule has 3 heterocycles. The summed E-state index contributed by atoms with van der Waals surface area (Å²) in [4.78, 5) is 24.7. The molecule has 0 unspecified atom stereocenters. The van der Waals surface area contributed by atoms with Gasteiger partial charge in [0.2, 0.25) is 5.91 Å². The third-order valence-electron chi connectivity index (χ3n) is 5.55. The molecule has 4 rings (SSSR count). The molecule has 0 aliphatic carbocycles. The van der Waals surface area contributed by atoms with Gasteiger partial charge >= 0.3 is 0 Å². The van der Waals surface area contributed by atoms with Gasteiger partial charge in [-0.25, -0.2) is 13.4 Å². The van der Waals surface area contributed by atoms with Gasteiger partial charge in [0.05, 0.1) is 17.5 Å². The van der Waals surface area contributed by atoms with Gasteiger partial charge < -0.3 is 9.88 Å². The molecule has 1 aromatic heterocycles. The number of sulfone groups is 1. The van der Waals surface area contributed by atoms with Crippen LogP contribution in [0.15, 0.2) is 35.6 Å². The van der Waals surface area contributed by atoms with E-state index in [9.17, 15) is 18.0 Å². The maximum atomic E-state index is 12.5. The number of aromatic nitrogens is 1. The summed E-state index contributed by atoms with van der Waals surface area (Å²) in [6.45, 7) is 3.12. The van der Waals surface area contributed by atoms with Crippen LogP contribution in [-0.2, 0) is 26.0 Å². The first-order valence-electron chi connectivity index (χ1n) is 9.77. The SMILES string of the molecule is Cc1cccc2c1ccn2CCNC(=O)C1=NN([C@H]2CCS(=O)(=O)C2)C(=O)CC1. The van der Waals surface area contributed by atoms with Crippen molar-refractivity contribution in [1.29, 1.82) is 0 Å². The van der Waals surface area contributed by atoms with Crippen LogP contribution in [0.5, 0.6) is 0 Å². The highest BCUT2D eigenvalue weighted by molar-refractivity contribution is 7.91. The summed E-state index contributed by atoms with van der Waals surface area (Å²) in [5.41, 5.74) is 2.61. The Bertz CT molecular complexity index is 1100. The van der Waals surface area contributed by atoms with Crippen LogP contribution in [0.3, 0.4) is 0 Å². The zero-order chi connectivity index (χ0) is 20.6. The molecule has 2 aliphatic rings. The van der Waals surface area contributed by atoms with Gasteiger partial charge in [-0.3, -0.25) is 9.59 Å². The summed E-state index contributed by atoms with van der Waals surface area (Å²) in [7, 11) is -3.13. The van der Waals surface area contributed by atoms with Crippen molar-refractivity contribution in [3.8, 4) is 0 Å². The van der Waals surface area contributed by atoms with E-state index in [0.717, 1.165) is 5.52 Å². The normalized spacial score (nSPS) is 21.4. The molecule has 154 valence electrons. The van der Waals surface area contributed by atoms with Crippen LogP contribution in [0.4, 0.5) is 0 Å². The lowest BCUT2D eigenvalue weighted by atomic mass is 10.1. The van der Waals surface area contributed by atoms with E-state index < -0.39 is 15.9 Å². The van der Waals surface area contributed by atoms with Crippen molar-refractivity contribution >= 4 is 38.3 Å². The van der Waals surface area contributed by atoms with Crippen LogP contribution >= 0.6 is 0 Å². The maximum Gasteiger partial charge on any atom is 0.267 e. The molecule has 2 aromatic rings. The first-order chi connectivity index (χ1) is 13.8. The van der Waals surface area contributed by atoms with Gasteiger partial charge in [-0.1, -0.05) is 12.1 Å². The Kier molecular flexibility index (Phi) is 5.16. The molecule has 1 fully saturated rings. The van der Waals surface area contributed by atoms with E-state index in [2.05, 4.69) is 40.1 Å². The molecule has 29 heavy (non-hydrogen) atoms. The highest BCUT2D eigenvalue weighted by Crippen LogP contribution is 2.22. The molecule has 1 aromatic carbocycles. The third-order valence-corrected chi connectivity index (χ3v) is 7.30. The number of hydrogen-bond donors (Lipinski definition) is 1. The molecule has 9 heteroatoms. The molecular formula is C20H24N4O4S. The lowest BCUT2D eigenvalue weighted by Gasteiger charge is -2.27. The average molecular weight is 417 g/mol. The second-order valence-electron chi connectivity index (χ2n) is 7.61. The number of nitrogens with zero attached hydrogens (tertiary/aromatic N) is 3. The molecule has 0 saturated carbocycles. The van der Waals surface area contributed by atoms with E-state index in [1.807, 2.05) is 12.3 Å². The van der Waals surface area contributed by atoms with Crippen LogP contribution in [0.1, 0.15) is 24.8 Å². The third kappa shape index (κ3) is 4.05. The van der Waals surface area contributed by atoms with Gasteiger partial charge in [0.25, 0.3) is 5.91 Å². The fourth-order valence-corrected chi connectivity index (χ4v) is 5.64. The van der Waals surface area contributed by atoms with Crippen molar-refractivity contribution in [2.45, 2.75) is 38.8 Å².